The van der Waals surface area contributed by atoms with Gasteiger partial charge in [0.25, 0.3) is 0 Å². The summed E-state index contributed by atoms with van der Waals surface area (Å²) in [6.45, 7) is 0.806. The standard InChI is InChI=1S/C15H14BrNO2/c16-12-6-7-15(17-9-12)19-14-3-1-2-13(8-14)18-10-11-4-5-11/h1-3,6-9,11H,4-5,10H2. The molecule has 0 spiro atoms. The van der Waals surface area contributed by atoms with E-state index in [0.29, 0.717) is 5.88 Å². The van der Waals surface area contributed by atoms with Crippen LogP contribution in [0.3, 0.4) is 0 Å². The van der Waals surface area contributed by atoms with Crippen molar-refractivity contribution < 1.29 is 9.47 Å². The second kappa shape index (κ2) is 5.61. The topological polar surface area (TPSA) is 31.4 Å². The molecule has 0 atom stereocenters. The first-order valence-electron chi connectivity index (χ1n) is 6.32. The molecule has 1 saturated carbocycles. The molecule has 0 saturated heterocycles. The molecule has 3 rings (SSSR count). The first-order chi connectivity index (χ1) is 9.29. The van der Waals surface area contributed by atoms with Crippen molar-refractivity contribution in [3.05, 3.63) is 47.1 Å². The van der Waals surface area contributed by atoms with Gasteiger partial charge in [-0.05, 0) is 52.9 Å². The number of rotatable bonds is 5. The minimum Gasteiger partial charge on any atom is -0.493 e. The zero-order chi connectivity index (χ0) is 13.1. The van der Waals surface area contributed by atoms with Crippen molar-refractivity contribution in [2.24, 2.45) is 5.92 Å². The lowest BCUT2D eigenvalue weighted by Gasteiger charge is -2.08. The number of ether oxygens (including phenoxy) is 2. The molecular formula is C15H14BrNO2. The second-order valence-electron chi connectivity index (χ2n) is 4.65. The summed E-state index contributed by atoms with van der Waals surface area (Å²) < 4.78 is 12.3. The van der Waals surface area contributed by atoms with E-state index in [0.717, 1.165) is 28.5 Å². The van der Waals surface area contributed by atoms with Crippen LogP contribution in [0.15, 0.2) is 47.1 Å². The molecule has 0 radical (unpaired) electrons. The van der Waals surface area contributed by atoms with E-state index in [1.165, 1.54) is 12.8 Å². The largest absolute Gasteiger partial charge is 0.493 e. The van der Waals surface area contributed by atoms with E-state index in [1.807, 2.05) is 36.4 Å². The zero-order valence-electron chi connectivity index (χ0n) is 10.4. The number of pyridine rings is 1. The van der Waals surface area contributed by atoms with Crippen LogP contribution >= 0.6 is 15.9 Å². The number of aromatic nitrogens is 1. The van der Waals surface area contributed by atoms with E-state index in [-0.39, 0.29) is 0 Å². The molecule has 1 aromatic heterocycles. The van der Waals surface area contributed by atoms with Gasteiger partial charge in [0.05, 0.1) is 6.61 Å². The van der Waals surface area contributed by atoms with Gasteiger partial charge in [0, 0.05) is 22.8 Å². The Morgan fingerprint density at radius 1 is 1.16 bits per heavy atom. The molecule has 1 aliphatic rings. The summed E-state index contributed by atoms with van der Waals surface area (Å²) in [5, 5.41) is 0. The molecule has 4 heteroatoms. The molecule has 1 aliphatic carbocycles. The van der Waals surface area contributed by atoms with Crippen LogP contribution in [0.5, 0.6) is 17.4 Å². The fourth-order valence-electron chi connectivity index (χ4n) is 1.67. The van der Waals surface area contributed by atoms with Crippen molar-refractivity contribution in [3.8, 4) is 17.4 Å². The molecule has 1 aromatic carbocycles. The summed E-state index contributed by atoms with van der Waals surface area (Å²) in [5.41, 5.74) is 0. The fraction of sp³-hybridized carbons (Fsp3) is 0.267. The van der Waals surface area contributed by atoms with Crippen molar-refractivity contribution in [2.45, 2.75) is 12.8 Å². The monoisotopic (exact) mass is 319 g/mol. The van der Waals surface area contributed by atoms with Crippen molar-refractivity contribution in [2.75, 3.05) is 6.61 Å². The minimum absolute atomic E-state index is 0.572. The molecule has 0 aliphatic heterocycles. The zero-order valence-corrected chi connectivity index (χ0v) is 12.0. The SMILES string of the molecule is Brc1ccc(Oc2cccc(OCC3CC3)c2)nc1. The average molecular weight is 320 g/mol. The Labute approximate surface area is 120 Å². The lowest BCUT2D eigenvalue weighted by molar-refractivity contribution is 0.298. The van der Waals surface area contributed by atoms with Crippen molar-refractivity contribution >= 4 is 15.9 Å². The van der Waals surface area contributed by atoms with Crippen molar-refractivity contribution in [1.29, 1.82) is 0 Å². The molecule has 0 N–H and O–H groups in total. The lowest BCUT2D eigenvalue weighted by atomic mass is 10.3. The predicted octanol–water partition coefficient (Wildman–Crippen LogP) is 4.43. The van der Waals surface area contributed by atoms with Crippen LogP contribution in [-0.4, -0.2) is 11.6 Å². The maximum Gasteiger partial charge on any atom is 0.219 e. The van der Waals surface area contributed by atoms with E-state index in [4.69, 9.17) is 9.47 Å². The lowest BCUT2D eigenvalue weighted by Crippen LogP contribution is -1.98. The van der Waals surface area contributed by atoms with Gasteiger partial charge in [0.1, 0.15) is 11.5 Å². The third kappa shape index (κ3) is 3.70. The average Bonchev–Trinajstić information content (AvgIpc) is 3.24. The van der Waals surface area contributed by atoms with Crippen LogP contribution < -0.4 is 9.47 Å². The highest BCUT2D eigenvalue weighted by Crippen LogP contribution is 2.30. The Balaban J connectivity index is 1.66. The van der Waals surface area contributed by atoms with Gasteiger partial charge in [0.2, 0.25) is 5.88 Å². The number of hydrogen-bond donors (Lipinski definition) is 0. The van der Waals surface area contributed by atoms with Gasteiger partial charge in [-0.15, -0.1) is 0 Å². The van der Waals surface area contributed by atoms with E-state index in [9.17, 15) is 0 Å². The normalized spacial score (nSPS) is 14.2. The van der Waals surface area contributed by atoms with Gasteiger partial charge in [0.15, 0.2) is 0 Å². The molecule has 3 nitrogen and oxygen atoms in total. The fourth-order valence-corrected chi connectivity index (χ4v) is 1.90. The highest BCUT2D eigenvalue weighted by Gasteiger charge is 2.21. The van der Waals surface area contributed by atoms with E-state index in [1.54, 1.807) is 6.20 Å². The van der Waals surface area contributed by atoms with Crippen LogP contribution in [0, 0.1) is 5.92 Å². The van der Waals surface area contributed by atoms with Crippen molar-refractivity contribution in [1.82, 2.24) is 4.98 Å². The molecule has 1 heterocycles. The summed E-state index contributed by atoms with van der Waals surface area (Å²) in [7, 11) is 0. The molecule has 0 bridgehead atoms. The quantitative estimate of drug-likeness (QED) is 0.817. The molecule has 0 amide bonds. The summed E-state index contributed by atoms with van der Waals surface area (Å²) >= 11 is 3.34. The molecule has 98 valence electrons. The Morgan fingerprint density at radius 2 is 2.00 bits per heavy atom. The van der Waals surface area contributed by atoms with Gasteiger partial charge in [-0.3, -0.25) is 0 Å². The van der Waals surface area contributed by atoms with Gasteiger partial charge >= 0.3 is 0 Å². The molecule has 0 unspecified atom stereocenters. The van der Waals surface area contributed by atoms with Crippen molar-refractivity contribution in [3.63, 3.8) is 0 Å². The van der Waals surface area contributed by atoms with Crippen LogP contribution in [0.1, 0.15) is 12.8 Å². The van der Waals surface area contributed by atoms with Gasteiger partial charge in [-0.1, -0.05) is 6.07 Å². The molecule has 19 heavy (non-hydrogen) atoms. The number of benzene rings is 1. The molecular weight excluding hydrogens is 306 g/mol. The third-order valence-corrected chi connectivity index (χ3v) is 3.38. The van der Waals surface area contributed by atoms with E-state index < -0.39 is 0 Å². The summed E-state index contributed by atoms with van der Waals surface area (Å²) in [6.07, 6.45) is 4.29. The van der Waals surface area contributed by atoms with Crippen LogP contribution in [0.4, 0.5) is 0 Å². The molecule has 2 aromatic rings. The first kappa shape index (κ1) is 12.5. The number of halogens is 1. The number of hydrogen-bond acceptors (Lipinski definition) is 3. The van der Waals surface area contributed by atoms with E-state index >= 15 is 0 Å². The smallest absolute Gasteiger partial charge is 0.219 e. The Bertz CT molecular complexity index is 552. The van der Waals surface area contributed by atoms with Crippen LogP contribution in [-0.2, 0) is 0 Å². The van der Waals surface area contributed by atoms with Gasteiger partial charge in [-0.25, -0.2) is 4.98 Å². The summed E-state index contributed by atoms with van der Waals surface area (Å²) in [4.78, 5) is 4.18. The Hall–Kier alpha value is -1.55. The number of nitrogens with zero attached hydrogens (tertiary/aromatic N) is 1. The first-order valence-corrected chi connectivity index (χ1v) is 7.11. The van der Waals surface area contributed by atoms with E-state index in [2.05, 4.69) is 20.9 Å². The highest BCUT2D eigenvalue weighted by molar-refractivity contribution is 9.10. The summed E-state index contributed by atoms with van der Waals surface area (Å²) in [6, 6.07) is 11.4. The van der Waals surface area contributed by atoms with Crippen LogP contribution in [0.2, 0.25) is 0 Å². The Kier molecular flexibility index (Phi) is 3.69. The maximum absolute atomic E-state index is 5.72. The van der Waals surface area contributed by atoms with Crippen LogP contribution in [0.25, 0.3) is 0 Å². The van der Waals surface area contributed by atoms with Gasteiger partial charge in [-0.2, -0.15) is 0 Å². The molecule has 1 fully saturated rings. The highest BCUT2D eigenvalue weighted by atomic mass is 79.9. The third-order valence-electron chi connectivity index (χ3n) is 2.91. The second-order valence-corrected chi connectivity index (χ2v) is 5.56. The summed E-state index contributed by atoms with van der Waals surface area (Å²) in [5.74, 6) is 2.91. The maximum atomic E-state index is 5.72. The minimum atomic E-state index is 0.572. The predicted molar refractivity (Wildman–Crippen MR) is 76.7 cm³/mol. The van der Waals surface area contributed by atoms with Gasteiger partial charge < -0.3 is 9.47 Å². The Morgan fingerprint density at radius 3 is 2.74 bits per heavy atom.